The molecule has 1 aromatic carbocycles. The van der Waals surface area contributed by atoms with E-state index in [4.69, 9.17) is 9.26 Å². The third kappa shape index (κ3) is 3.73. The summed E-state index contributed by atoms with van der Waals surface area (Å²) in [5.41, 5.74) is -1.13. The van der Waals surface area contributed by atoms with Crippen LogP contribution in [0.2, 0.25) is 0 Å². The number of anilines is 1. The lowest BCUT2D eigenvalue weighted by molar-refractivity contribution is -0.137. The van der Waals surface area contributed by atoms with E-state index in [0.29, 0.717) is 0 Å². The van der Waals surface area contributed by atoms with Crippen molar-refractivity contribution in [2.24, 2.45) is 0 Å². The molecule has 0 bridgehead atoms. The fraction of sp³-hybridized carbons (Fsp3) is 0.267. The lowest BCUT2D eigenvalue weighted by Gasteiger charge is -2.09. The summed E-state index contributed by atoms with van der Waals surface area (Å²) in [5.74, 6) is -1.48. The van der Waals surface area contributed by atoms with E-state index in [1.54, 1.807) is 6.92 Å². The van der Waals surface area contributed by atoms with Crippen molar-refractivity contribution in [3.63, 3.8) is 0 Å². The number of ether oxygens (including phenoxy) is 1. The first-order chi connectivity index (χ1) is 11.2. The summed E-state index contributed by atoms with van der Waals surface area (Å²) in [6.07, 6.45) is -4.47. The number of aromatic nitrogens is 1. The molecule has 6 nitrogen and oxygen atoms in total. The lowest BCUT2D eigenvalue weighted by atomic mass is 10.1. The van der Waals surface area contributed by atoms with Crippen LogP contribution in [0.15, 0.2) is 28.8 Å². The molecule has 1 heterocycles. The summed E-state index contributed by atoms with van der Waals surface area (Å²) in [6.45, 7) is 3.11. The van der Waals surface area contributed by atoms with E-state index in [1.807, 2.05) is 0 Å². The van der Waals surface area contributed by atoms with Gasteiger partial charge in [-0.15, -0.1) is 0 Å². The van der Waals surface area contributed by atoms with Gasteiger partial charge in [0.1, 0.15) is 11.3 Å². The predicted octanol–water partition coefficient (Wildman–Crippen LogP) is 3.43. The van der Waals surface area contributed by atoms with Crippen LogP contribution in [0.4, 0.5) is 18.9 Å². The van der Waals surface area contributed by atoms with Gasteiger partial charge in [0.2, 0.25) is 5.69 Å². The van der Waals surface area contributed by atoms with Gasteiger partial charge in [0, 0.05) is 5.69 Å². The van der Waals surface area contributed by atoms with Gasteiger partial charge in [0.15, 0.2) is 0 Å². The molecule has 0 fully saturated rings. The Morgan fingerprint density at radius 3 is 2.42 bits per heavy atom. The van der Waals surface area contributed by atoms with Crippen molar-refractivity contribution in [3.05, 3.63) is 46.8 Å². The van der Waals surface area contributed by atoms with E-state index in [9.17, 15) is 22.8 Å². The Labute approximate surface area is 134 Å². The van der Waals surface area contributed by atoms with Gasteiger partial charge in [-0.2, -0.15) is 13.2 Å². The summed E-state index contributed by atoms with van der Waals surface area (Å²) in [6, 6.07) is 3.88. The molecule has 1 aromatic heterocycles. The second-order valence-electron chi connectivity index (χ2n) is 4.71. The fourth-order valence-corrected chi connectivity index (χ4v) is 1.91. The van der Waals surface area contributed by atoms with Crippen molar-refractivity contribution < 1.29 is 32.0 Å². The molecule has 0 spiro atoms. The van der Waals surface area contributed by atoms with E-state index in [0.717, 1.165) is 24.3 Å². The van der Waals surface area contributed by atoms with Gasteiger partial charge in [-0.1, -0.05) is 5.16 Å². The molecule has 0 aliphatic carbocycles. The third-order valence-corrected chi connectivity index (χ3v) is 3.03. The lowest BCUT2D eigenvalue weighted by Crippen LogP contribution is -2.18. The van der Waals surface area contributed by atoms with Crippen LogP contribution in [0.5, 0.6) is 0 Å². The van der Waals surface area contributed by atoms with Crippen LogP contribution in [0.1, 0.15) is 39.1 Å². The molecule has 2 rings (SSSR count). The molecule has 0 aliphatic heterocycles. The molecule has 0 atom stereocenters. The second kappa shape index (κ2) is 6.73. The number of nitrogens with one attached hydrogen (secondary N) is 1. The normalized spacial score (nSPS) is 11.2. The minimum absolute atomic E-state index is 0.0856. The number of esters is 1. The number of nitrogens with zero attached hydrogens (tertiary/aromatic N) is 1. The van der Waals surface area contributed by atoms with Gasteiger partial charge in [0.05, 0.1) is 12.2 Å². The topological polar surface area (TPSA) is 81.4 Å². The zero-order chi connectivity index (χ0) is 17.9. The number of alkyl halides is 3. The molecular weight excluding hydrogens is 329 g/mol. The predicted molar refractivity (Wildman–Crippen MR) is 76.6 cm³/mol. The zero-order valence-electron chi connectivity index (χ0n) is 12.7. The Bertz CT molecular complexity index is 751. The van der Waals surface area contributed by atoms with Gasteiger partial charge in [-0.25, -0.2) is 4.79 Å². The van der Waals surface area contributed by atoms with Crippen LogP contribution in [-0.4, -0.2) is 23.6 Å². The average Bonchev–Trinajstić information content (AvgIpc) is 2.89. The van der Waals surface area contributed by atoms with Gasteiger partial charge in [-0.05, 0) is 38.1 Å². The monoisotopic (exact) mass is 342 g/mol. The number of halogens is 3. The third-order valence-electron chi connectivity index (χ3n) is 3.03. The minimum Gasteiger partial charge on any atom is -0.461 e. The highest BCUT2D eigenvalue weighted by atomic mass is 19.4. The molecule has 24 heavy (non-hydrogen) atoms. The maximum Gasteiger partial charge on any atom is 0.416 e. The number of carbonyl (C=O) groups is 2. The van der Waals surface area contributed by atoms with Crippen LogP contribution < -0.4 is 5.32 Å². The minimum atomic E-state index is -4.47. The molecule has 0 radical (unpaired) electrons. The maximum atomic E-state index is 12.5. The molecule has 0 aliphatic rings. The Morgan fingerprint density at radius 1 is 1.25 bits per heavy atom. The molecule has 0 saturated heterocycles. The van der Waals surface area contributed by atoms with Crippen LogP contribution in [0.25, 0.3) is 0 Å². The van der Waals surface area contributed by atoms with E-state index < -0.39 is 23.6 Å². The SMILES string of the molecule is CCOC(=O)c1noc(C)c1C(=O)Nc1ccc(C(F)(F)F)cc1. The molecular formula is C15H13F3N2O4. The van der Waals surface area contributed by atoms with Crippen LogP contribution >= 0.6 is 0 Å². The zero-order valence-corrected chi connectivity index (χ0v) is 12.7. The first-order valence-electron chi connectivity index (χ1n) is 6.86. The fourth-order valence-electron chi connectivity index (χ4n) is 1.91. The van der Waals surface area contributed by atoms with Crippen molar-refractivity contribution in [1.82, 2.24) is 5.16 Å². The molecule has 128 valence electrons. The van der Waals surface area contributed by atoms with Crippen molar-refractivity contribution >= 4 is 17.6 Å². The maximum absolute atomic E-state index is 12.5. The number of hydrogen-bond acceptors (Lipinski definition) is 5. The molecule has 0 saturated carbocycles. The molecule has 1 amide bonds. The Hall–Kier alpha value is -2.84. The number of rotatable bonds is 4. The van der Waals surface area contributed by atoms with Crippen molar-refractivity contribution in [2.45, 2.75) is 20.0 Å². The van der Waals surface area contributed by atoms with Crippen LogP contribution in [0.3, 0.4) is 0 Å². The quantitative estimate of drug-likeness (QED) is 0.861. The van der Waals surface area contributed by atoms with Crippen molar-refractivity contribution in [2.75, 3.05) is 11.9 Å². The second-order valence-corrected chi connectivity index (χ2v) is 4.71. The average molecular weight is 342 g/mol. The van der Waals surface area contributed by atoms with E-state index in [1.165, 1.54) is 6.92 Å². The standard InChI is InChI=1S/C15H13F3N2O4/c1-3-23-14(22)12-11(8(2)24-20-12)13(21)19-10-6-4-9(5-7-10)15(16,17)18/h4-7H,3H2,1-2H3,(H,19,21). The first-order valence-corrected chi connectivity index (χ1v) is 6.86. The van der Waals surface area contributed by atoms with Gasteiger partial charge in [-0.3, -0.25) is 4.79 Å². The van der Waals surface area contributed by atoms with Crippen LogP contribution in [0, 0.1) is 6.92 Å². The number of carbonyl (C=O) groups excluding carboxylic acids is 2. The Morgan fingerprint density at radius 2 is 1.88 bits per heavy atom. The molecule has 9 heteroatoms. The van der Waals surface area contributed by atoms with E-state index in [-0.39, 0.29) is 29.3 Å². The summed E-state index contributed by atoms with van der Waals surface area (Å²) in [5, 5.41) is 5.87. The Balaban J connectivity index is 2.21. The molecule has 1 N–H and O–H groups in total. The van der Waals surface area contributed by atoms with E-state index in [2.05, 4.69) is 10.5 Å². The van der Waals surface area contributed by atoms with E-state index >= 15 is 0 Å². The first kappa shape index (κ1) is 17.5. The molecule has 2 aromatic rings. The smallest absolute Gasteiger partial charge is 0.416 e. The number of amides is 1. The highest BCUT2D eigenvalue weighted by molar-refractivity contribution is 6.10. The highest BCUT2D eigenvalue weighted by Crippen LogP contribution is 2.30. The largest absolute Gasteiger partial charge is 0.461 e. The molecule has 0 unspecified atom stereocenters. The van der Waals surface area contributed by atoms with Crippen molar-refractivity contribution in [1.29, 1.82) is 0 Å². The number of hydrogen-bond donors (Lipinski definition) is 1. The number of benzene rings is 1. The van der Waals surface area contributed by atoms with Crippen LogP contribution in [-0.2, 0) is 10.9 Å². The number of aryl methyl sites for hydroxylation is 1. The summed E-state index contributed by atoms with van der Waals surface area (Å²) in [7, 11) is 0. The summed E-state index contributed by atoms with van der Waals surface area (Å²) in [4.78, 5) is 24.0. The summed E-state index contributed by atoms with van der Waals surface area (Å²) >= 11 is 0. The highest BCUT2D eigenvalue weighted by Gasteiger charge is 2.30. The Kier molecular flexibility index (Phi) is 4.91. The van der Waals surface area contributed by atoms with Gasteiger partial charge >= 0.3 is 12.1 Å². The summed E-state index contributed by atoms with van der Waals surface area (Å²) < 4.78 is 47.1. The van der Waals surface area contributed by atoms with Gasteiger partial charge in [0.25, 0.3) is 5.91 Å². The van der Waals surface area contributed by atoms with Gasteiger partial charge < -0.3 is 14.6 Å². The van der Waals surface area contributed by atoms with Crippen molar-refractivity contribution in [3.8, 4) is 0 Å².